The van der Waals surface area contributed by atoms with Crippen molar-refractivity contribution < 1.29 is 9.59 Å². The van der Waals surface area contributed by atoms with E-state index in [4.69, 9.17) is 0 Å². The number of hydrogen-bond donors (Lipinski definition) is 2. The van der Waals surface area contributed by atoms with E-state index in [2.05, 4.69) is 20.7 Å². The summed E-state index contributed by atoms with van der Waals surface area (Å²) in [6.45, 7) is 3.44. The molecule has 1 aliphatic carbocycles. The Morgan fingerprint density at radius 1 is 1.03 bits per heavy atom. The number of rotatable bonds is 5. The van der Waals surface area contributed by atoms with Crippen molar-refractivity contribution in [2.75, 3.05) is 13.1 Å². The summed E-state index contributed by atoms with van der Waals surface area (Å²) < 4.78 is 1.69. The molecule has 0 spiro atoms. The van der Waals surface area contributed by atoms with Crippen LogP contribution in [-0.4, -0.2) is 50.7 Å². The highest BCUT2D eigenvalue weighted by atomic mass is 16.2. The summed E-state index contributed by atoms with van der Waals surface area (Å²) in [4.78, 5) is 31.1. The molecule has 1 unspecified atom stereocenters. The van der Waals surface area contributed by atoms with E-state index in [0.29, 0.717) is 5.91 Å². The van der Waals surface area contributed by atoms with E-state index in [0.717, 1.165) is 50.0 Å². The number of benzene rings is 1. The van der Waals surface area contributed by atoms with E-state index in [1.807, 2.05) is 36.1 Å². The fourth-order valence-electron chi connectivity index (χ4n) is 4.62. The number of aromatic nitrogens is 3. The number of likely N-dealkylation sites (tertiary alicyclic amines) is 1. The Bertz CT molecular complexity index is 853. The van der Waals surface area contributed by atoms with Crippen molar-refractivity contribution in [2.24, 2.45) is 5.92 Å². The molecule has 4 rings (SSSR count). The van der Waals surface area contributed by atoms with Crippen molar-refractivity contribution >= 4 is 11.9 Å². The molecule has 2 heterocycles. The Balaban J connectivity index is 1.21. The molecular formula is C23H32N6O2. The largest absolute Gasteiger partial charge is 0.342 e. The highest BCUT2D eigenvalue weighted by molar-refractivity contribution is 5.79. The zero-order valence-corrected chi connectivity index (χ0v) is 18.2. The van der Waals surface area contributed by atoms with Gasteiger partial charge >= 0.3 is 6.03 Å². The van der Waals surface area contributed by atoms with Crippen LogP contribution >= 0.6 is 0 Å². The van der Waals surface area contributed by atoms with Crippen LogP contribution in [0.3, 0.4) is 0 Å². The predicted octanol–water partition coefficient (Wildman–Crippen LogP) is 3.20. The van der Waals surface area contributed by atoms with Crippen LogP contribution < -0.4 is 10.6 Å². The van der Waals surface area contributed by atoms with Crippen molar-refractivity contribution in [2.45, 2.75) is 64.0 Å². The lowest BCUT2D eigenvalue weighted by Crippen LogP contribution is -2.50. The number of piperidine rings is 1. The molecule has 3 amide bonds. The van der Waals surface area contributed by atoms with Gasteiger partial charge in [-0.1, -0.05) is 31.4 Å². The van der Waals surface area contributed by atoms with Crippen LogP contribution in [0.5, 0.6) is 0 Å². The molecule has 2 aromatic rings. The number of urea groups is 1. The van der Waals surface area contributed by atoms with Crippen molar-refractivity contribution in [1.82, 2.24) is 30.3 Å². The third-order valence-corrected chi connectivity index (χ3v) is 6.52. The lowest BCUT2D eigenvalue weighted by Gasteiger charge is -2.35. The molecule has 1 saturated heterocycles. The molecule has 8 nitrogen and oxygen atoms in total. The number of nitrogens with one attached hydrogen (secondary N) is 2. The third kappa shape index (κ3) is 5.42. The number of amides is 3. The van der Waals surface area contributed by atoms with Crippen LogP contribution in [0.4, 0.5) is 4.79 Å². The van der Waals surface area contributed by atoms with Gasteiger partial charge in [-0.15, -0.1) is 0 Å². The maximum atomic E-state index is 12.7. The van der Waals surface area contributed by atoms with Crippen LogP contribution in [-0.2, 0) is 4.79 Å². The van der Waals surface area contributed by atoms with E-state index in [9.17, 15) is 9.59 Å². The van der Waals surface area contributed by atoms with E-state index >= 15 is 0 Å². The molecule has 0 bridgehead atoms. The minimum Gasteiger partial charge on any atom is -0.342 e. The maximum absolute atomic E-state index is 12.7. The SMILES string of the molecule is CC(NC(=O)NC1CCN(C(=O)C2CCCCC2)CC1)c1ccc(-n2cncn2)cc1. The molecule has 2 fully saturated rings. The summed E-state index contributed by atoms with van der Waals surface area (Å²) >= 11 is 0. The van der Waals surface area contributed by atoms with Crippen molar-refractivity contribution in [3.05, 3.63) is 42.5 Å². The Hall–Kier alpha value is -2.90. The second kappa shape index (κ2) is 9.94. The van der Waals surface area contributed by atoms with Crippen LogP contribution in [0.1, 0.15) is 63.5 Å². The minimum absolute atomic E-state index is 0.109. The molecule has 31 heavy (non-hydrogen) atoms. The second-order valence-corrected chi connectivity index (χ2v) is 8.71. The average molecular weight is 425 g/mol. The van der Waals surface area contributed by atoms with Crippen LogP contribution in [0, 0.1) is 5.92 Å². The molecule has 1 aromatic heterocycles. The highest BCUT2D eigenvalue weighted by Crippen LogP contribution is 2.26. The normalized spacial score (nSPS) is 19.1. The molecule has 1 saturated carbocycles. The fourth-order valence-corrected chi connectivity index (χ4v) is 4.62. The van der Waals surface area contributed by atoms with Crippen molar-refractivity contribution in [3.63, 3.8) is 0 Å². The number of carbonyl (C=O) groups excluding carboxylic acids is 2. The van der Waals surface area contributed by atoms with Gasteiger partial charge in [0.2, 0.25) is 5.91 Å². The van der Waals surface area contributed by atoms with E-state index < -0.39 is 0 Å². The quantitative estimate of drug-likeness (QED) is 0.771. The van der Waals surface area contributed by atoms with Crippen molar-refractivity contribution in [1.29, 1.82) is 0 Å². The fraction of sp³-hybridized carbons (Fsp3) is 0.565. The molecule has 1 aliphatic heterocycles. The first kappa shape index (κ1) is 21.3. The summed E-state index contributed by atoms with van der Waals surface area (Å²) in [5.41, 5.74) is 1.94. The zero-order valence-electron chi connectivity index (χ0n) is 18.2. The Labute approximate surface area is 183 Å². The van der Waals surface area contributed by atoms with Gasteiger partial charge in [-0.25, -0.2) is 14.5 Å². The van der Waals surface area contributed by atoms with Gasteiger partial charge in [0.25, 0.3) is 0 Å². The standard InChI is InChI=1S/C23H32N6O2/c1-17(18-7-9-21(10-8-18)29-16-24-15-25-29)26-23(31)27-20-11-13-28(14-12-20)22(30)19-5-3-2-4-6-19/h7-10,15-17,19-20H,2-6,11-14H2,1H3,(H2,26,27,31). The van der Waals surface area contributed by atoms with Gasteiger partial charge < -0.3 is 15.5 Å². The van der Waals surface area contributed by atoms with Gasteiger partial charge in [0, 0.05) is 25.0 Å². The smallest absolute Gasteiger partial charge is 0.315 e. The molecule has 2 N–H and O–H groups in total. The van der Waals surface area contributed by atoms with Gasteiger partial charge in [0.15, 0.2) is 0 Å². The second-order valence-electron chi connectivity index (χ2n) is 8.71. The summed E-state index contributed by atoms with van der Waals surface area (Å²) in [6.07, 6.45) is 10.5. The first-order chi connectivity index (χ1) is 15.1. The minimum atomic E-state index is -0.162. The molecule has 8 heteroatoms. The van der Waals surface area contributed by atoms with E-state index in [1.54, 1.807) is 11.0 Å². The van der Waals surface area contributed by atoms with Gasteiger partial charge in [-0.2, -0.15) is 5.10 Å². The lowest BCUT2D eigenvalue weighted by molar-refractivity contribution is -0.137. The van der Waals surface area contributed by atoms with Crippen molar-refractivity contribution in [3.8, 4) is 5.69 Å². The molecule has 166 valence electrons. The first-order valence-corrected chi connectivity index (χ1v) is 11.4. The average Bonchev–Trinajstić information content (AvgIpc) is 3.35. The lowest BCUT2D eigenvalue weighted by atomic mass is 9.87. The monoisotopic (exact) mass is 424 g/mol. The molecule has 1 atom stereocenters. The Morgan fingerprint density at radius 3 is 2.39 bits per heavy atom. The topological polar surface area (TPSA) is 92.2 Å². The Kier molecular flexibility index (Phi) is 6.84. The van der Waals surface area contributed by atoms with Gasteiger partial charge in [-0.3, -0.25) is 4.79 Å². The summed E-state index contributed by atoms with van der Waals surface area (Å²) in [5.74, 6) is 0.545. The number of hydrogen-bond acceptors (Lipinski definition) is 4. The number of nitrogens with zero attached hydrogens (tertiary/aromatic N) is 4. The molecule has 0 radical (unpaired) electrons. The predicted molar refractivity (Wildman–Crippen MR) is 118 cm³/mol. The van der Waals surface area contributed by atoms with Gasteiger partial charge in [0.1, 0.15) is 12.7 Å². The number of carbonyl (C=O) groups is 2. The molecule has 2 aliphatic rings. The first-order valence-electron chi connectivity index (χ1n) is 11.4. The van der Waals surface area contributed by atoms with Gasteiger partial charge in [0.05, 0.1) is 11.7 Å². The highest BCUT2D eigenvalue weighted by Gasteiger charge is 2.29. The van der Waals surface area contributed by atoms with Crippen LogP contribution in [0.2, 0.25) is 0 Å². The summed E-state index contributed by atoms with van der Waals surface area (Å²) in [5, 5.41) is 10.2. The van der Waals surface area contributed by atoms with Crippen LogP contribution in [0.15, 0.2) is 36.9 Å². The summed E-state index contributed by atoms with van der Waals surface area (Å²) in [7, 11) is 0. The van der Waals surface area contributed by atoms with Gasteiger partial charge in [-0.05, 0) is 50.3 Å². The summed E-state index contributed by atoms with van der Waals surface area (Å²) in [6, 6.07) is 7.72. The Morgan fingerprint density at radius 2 is 1.74 bits per heavy atom. The molecule has 1 aromatic carbocycles. The molecular weight excluding hydrogens is 392 g/mol. The van der Waals surface area contributed by atoms with Crippen LogP contribution in [0.25, 0.3) is 5.69 Å². The van der Waals surface area contributed by atoms with E-state index in [1.165, 1.54) is 25.6 Å². The third-order valence-electron chi connectivity index (χ3n) is 6.52. The van der Waals surface area contributed by atoms with E-state index in [-0.39, 0.29) is 24.0 Å². The maximum Gasteiger partial charge on any atom is 0.315 e. The zero-order chi connectivity index (χ0) is 21.6.